The molecule has 2 aromatic heterocycles. The number of benzene rings is 1. The second-order valence-corrected chi connectivity index (χ2v) is 7.33. The number of thiazole rings is 1. The molecule has 5 nitrogen and oxygen atoms in total. The number of carbonyl (C=O) groups is 1. The van der Waals surface area contributed by atoms with Crippen molar-refractivity contribution in [1.29, 1.82) is 0 Å². The van der Waals surface area contributed by atoms with Crippen LogP contribution in [0.1, 0.15) is 5.76 Å². The van der Waals surface area contributed by atoms with E-state index in [1.165, 1.54) is 23.0 Å². The average molecular weight is 359 g/mol. The van der Waals surface area contributed by atoms with E-state index in [1.54, 1.807) is 17.4 Å². The van der Waals surface area contributed by atoms with Crippen molar-refractivity contribution in [2.75, 3.05) is 5.75 Å². The zero-order chi connectivity index (χ0) is 15.8. The molecule has 3 aromatic rings. The molecule has 1 saturated heterocycles. The van der Waals surface area contributed by atoms with E-state index < -0.39 is 0 Å². The van der Waals surface area contributed by atoms with Gasteiger partial charge in [-0.1, -0.05) is 36.1 Å². The monoisotopic (exact) mass is 359 g/mol. The molecule has 8 heteroatoms. The molecule has 1 fully saturated rings. The fraction of sp³-hybridized carbons (Fsp3) is 0.0667. The number of hydrogen-bond acceptors (Lipinski definition) is 7. The second kappa shape index (κ2) is 5.88. The van der Waals surface area contributed by atoms with E-state index in [-0.39, 0.29) is 5.91 Å². The highest BCUT2D eigenvalue weighted by Crippen LogP contribution is 2.30. The number of nitrogens with zero attached hydrogens (tertiary/aromatic N) is 3. The van der Waals surface area contributed by atoms with E-state index in [2.05, 4.69) is 10.1 Å². The molecule has 1 amide bonds. The van der Waals surface area contributed by atoms with E-state index in [0.717, 1.165) is 15.2 Å². The van der Waals surface area contributed by atoms with Crippen LogP contribution in [0.15, 0.2) is 45.9 Å². The topological polar surface area (TPSA) is 58.7 Å². The molecule has 1 aliphatic rings. The molecule has 0 radical (unpaired) electrons. The van der Waals surface area contributed by atoms with Crippen LogP contribution >= 0.6 is 35.3 Å². The van der Waals surface area contributed by atoms with Gasteiger partial charge in [0.1, 0.15) is 5.76 Å². The number of hydrazone groups is 1. The van der Waals surface area contributed by atoms with Gasteiger partial charge in [-0.3, -0.25) is 4.79 Å². The predicted molar refractivity (Wildman–Crippen MR) is 96.8 cm³/mol. The van der Waals surface area contributed by atoms with Crippen LogP contribution in [0.5, 0.6) is 0 Å². The number of aromatic nitrogens is 1. The van der Waals surface area contributed by atoms with Gasteiger partial charge in [-0.2, -0.15) is 10.1 Å². The molecule has 0 aliphatic carbocycles. The van der Waals surface area contributed by atoms with Crippen molar-refractivity contribution in [1.82, 2.24) is 9.99 Å². The first-order chi connectivity index (χ1) is 11.2. The maximum Gasteiger partial charge on any atom is 0.259 e. The van der Waals surface area contributed by atoms with Crippen LogP contribution in [-0.4, -0.2) is 32.2 Å². The molecule has 1 aromatic carbocycles. The van der Waals surface area contributed by atoms with Gasteiger partial charge in [0.25, 0.3) is 5.91 Å². The summed E-state index contributed by atoms with van der Waals surface area (Å²) in [5, 5.41) is 6.13. The summed E-state index contributed by atoms with van der Waals surface area (Å²) in [6, 6.07) is 11.6. The summed E-state index contributed by atoms with van der Waals surface area (Å²) in [6.45, 7) is 0. The van der Waals surface area contributed by atoms with Crippen LogP contribution < -0.4 is 0 Å². The molecule has 0 saturated carbocycles. The second-order valence-electron chi connectivity index (χ2n) is 4.69. The van der Waals surface area contributed by atoms with Crippen molar-refractivity contribution in [2.24, 2.45) is 5.10 Å². The van der Waals surface area contributed by atoms with Gasteiger partial charge in [0.15, 0.2) is 15.1 Å². The van der Waals surface area contributed by atoms with E-state index in [0.29, 0.717) is 21.6 Å². The predicted octanol–water partition coefficient (Wildman–Crippen LogP) is 3.75. The summed E-state index contributed by atoms with van der Waals surface area (Å²) in [5.41, 5.74) is 0.948. The van der Waals surface area contributed by atoms with Gasteiger partial charge in [-0.15, -0.1) is 11.3 Å². The van der Waals surface area contributed by atoms with Gasteiger partial charge in [0.05, 0.1) is 22.2 Å². The van der Waals surface area contributed by atoms with Crippen molar-refractivity contribution in [2.45, 2.75) is 0 Å². The number of carbonyl (C=O) groups excluding carboxylic acids is 1. The standard InChI is InChI=1S/C15H9N3O2S3/c19-13-8-22-15(21)18(13)16-7-9-5-6-11(20-9)14-17-10-3-1-2-4-12(10)23-14/h1-7H,8H2. The van der Waals surface area contributed by atoms with E-state index >= 15 is 0 Å². The quantitative estimate of drug-likeness (QED) is 0.526. The molecule has 0 bridgehead atoms. The van der Waals surface area contributed by atoms with Crippen LogP contribution in [0.3, 0.4) is 0 Å². The Balaban J connectivity index is 1.59. The summed E-state index contributed by atoms with van der Waals surface area (Å²) in [5.74, 6) is 1.45. The maximum atomic E-state index is 11.6. The number of para-hydroxylation sites is 1. The Kier molecular flexibility index (Phi) is 3.72. The Morgan fingerprint density at radius 1 is 1.30 bits per heavy atom. The number of fused-ring (bicyclic) bond motifs is 1. The molecule has 0 N–H and O–H groups in total. The van der Waals surface area contributed by atoms with Crippen molar-refractivity contribution < 1.29 is 9.21 Å². The molecule has 0 atom stereocenters. The Morgan fingerprint density at radius 2 is 2.17 bits per heavy atom. The normalized spacial score (nSPS) is 15.4. The minimum atomic E-state index is -0.116. The van der Waals surface area contributed by atoms with Crippen LogP contribution in [0, 0.1) is 0 Å². The lowest BCUT2D eigenvalue weighted by Crippen LogP contribution is -2.22. The fourth-order valence-electron chi connectivity index (χ4n) is 2.09. The van der Waals surface area contributed by atoms with Crippen molar-refractivity contribution >= 4 is 62.0 Å². The third-order valence-corrected chi connectivity index (χ3v) is 5.55. The summed E-state index contributed by atoms with van der Waals surface area (Å²) < 4.78 is 7.31. The zero-order valence-electron chi connectivity index (χ0n) is 11.6. The Morgan fingerprint density at radius 3 is 2.96 bits per heavy atom. The van der Waals surface area contributed by atoms with Crippen LogP contribution in [0.2, 0.25) is 0 Å². The molecule has 0 unspecified atom stereocenters. The summed E-state index contributed by atoms with van der Waals surface area (Å²) >= 11 is 7.94. The number of hydrogen-bond donors (Lipinski definition) is 0. The first-order valence-electron chi connectivity index (χ1n) is 6.70. The van der Waals surface area contributed by atoms with Crippen LogP contribution in [-0.2, 0) is 4.79 Å². The molecule has 23 heavy (non-hydrogen) atoms. The molecule has 4 rings (SSSR count). The smallest absolute Gasteiger partial charge is 0.259 e. The lowest BCUT2D eigenvalue weighted by Gasteiger charge is -2.05. The van der Waals surface area contributed by atoms with Gasteiger partial charge in [0.2, 0.25) is 0 Å². The van der Waals surface area contributed by atoms with Gasteiger partial charge >= 0.3 is 0 Å². The fourth-order valence-corrected chi connectivity index (χ4v) is 3.98. The zero-order valence-corrected chi connectivity index (χ0v) is 14.1. The number of thioether (sulfide) groups is 1. The third kappa shape index (κ3) is 2.80. The number of thiocarbonyl (C=S) groups is 1. The molecule has 1 aliphatic heterocycles. The maximum absolute atomic E-state index is 11.6. The molecule has 3 heterocycles. The van der Waals surface area contributed by atoms with Gasteiger partial charge in [0, 0.05) is 0 Å². The van der Waals surface area contributed by atoms with Gasteiger partial charge < -0.3 is 4.42 Å². The van der Waals surface area contributed by atoms with Gasteiger partial charge in [-0.25, -0.2) is 4.98 Å². The minimum Gasteiger partial charge on any atom is -0.453 e. The highest BCUT2D eigenvalue weighted by molar-refractivity contribution is 8.23. The average Bonchev–Trinajstić information content (AvgIpc) is 3.25. The van der Waals surface area contributed by atoms with E-state index in [1.807, 2.05) is 30.3 Å². The minimum absolute atomic E-state index is 0.116. The van der Waals surface area contributed by atoms with E-state index in [9.17, 15) is 4.79 Å². The molecule has 0 spiro atoms. The number of furan rings is 1. The molecule has 114 valence electrons. The Bertz CT molecular complexity index is 895. The van der Waals surface area contributed by atoms with Crippen LogP contribution in [0.4, 0.5) is 0 Å². The highest BCUT2D eigenvalue weighted by atomic mass is 32.2. The van der Waals surface area contributed by atoms with Crippen LogP contribution in [0.25, 0.3) is 21.0 Å². The first-order valence-corrected chi connectivity index (χ1v) is 8.91. The first kappa shape index (κ1) is 14.6. The van der Waals surface area contributed by atoms with Crippen molar-refractivity contribution in [3.8, 4) is 10.8 Å². The highest BCUT2D eigenvalue weighted by Gasteiger charge is 2.26. The van der Waals surface area contributed by atoms with E-state index in [4.69, 9.17) is 16.6 Å². The summed E-state index contributed by atoms with van der Waals surface area (Å²) in [6.07, 6.45) is 1.49. The third-order valence-electron chi connectivity index (χ3n) is 3.16. The van der Waals surface area contributed by atoms with Crippen molar-refractivity contribution in [3.05, 3.63) is 42.2 Å². The number of rotatable bonds is 3. The summed E-state index contributed by atoms with van der Waals surface area (Å²) in [4.78, 5) is 16.1. The number of amides is 1. The van der Waals surface area contributed by atoms with Crippen molar-refractivity contribution in [3.63, 3.8) is 0 Å². The summed E-state index contributed by atoms with van der Waals surface area (Å²) in [7, 11) is 0. The largest absolute Gasteiger partial charge is 0.453 e. The molecular formula is C15H9N3O2S3. The SMILES string of the molecule is O=C1CSC(=S)N1N=Cc1ccc(-c2nc3ccccc3s2)o1. The Hall–Kier alpha value is -2.03. The molecular weight excluding hydrogens is 350 g/mol. The lowest BCUT2D eigenvalue weighted by molar-refractivity contribution is -0.123. The van der Waals surface area contributed by atoms with Gasteiger partial charge in [-0.05, 0) is 24.3 Å². The lowest BCUT2D eigenvalue weighted by atomic mass is 10.3. The Labute approximate surface area is 145 Å².